The van der Waals surface area contributed by atoms with E-state index in [4.69, 9.17) is 0 Å². The fourth-order valence-electron chi connectivity index (χ4n) is 2.31. The Morgan fingerprint density at radius 3 is 2.75 bits per heavy atom. The highest BCUT2D eigenvalue weighted by Gasteiger charge is 2.27. The largest absolute Gasteiger partial charge is 0.309 e. The molecule has 1 heterocycles. The van der Waals surface area contributed by atoms with Crippen LogP contribution in [-0.4, -0.2) is 38.1 Å². The van der Waals surface area contributed by atoms with E-state index in [9.17, 15) is 17.2 Å². The van der Waals surface area contributed by atoms with Crippen molar-refractivity contribution in [2.75, 3.05) is 25.4 Å². The molecular formula is C13H18F2N2O2S. The summed E-state index contributed by atoms with van der Waals surface area (Å²) in [7, 11) is -3.09. The van der Waals surface area contributed by atoms with Crippen LogP contribution in [0.2, 0.25) is 0 Å². The van der Waals surface area contributed by atoms with Gasteiger partial charge in [-0.15, -0.1) is 0 Å². The van der Waals surface area contributed by atoms with Crippen LogP contribution in [0.5, 0.6) is 0 Å². The first-order chi connectivity index (χ1) is 9.40. The van der Waals surface area contributed by atoms with E-state index in [1.54, 1.807) is 6.92 Å². The van der Waals surface area contributed by atoms with Gasteiger partial charge < -0.3 is 5.32 Å². The molecule has 0 aromatic heterocycles. The summed E-state index contributed by atoms with van der Waals surface area (Å²) in [6.07, 6.45) is 0.657. The fourth-order valence-corrected chi connectivity index (χ4v) is 3.84. The molecule has 0 unspecified atom stereocenters. The molecule has 0 amide bonds. The maximum absolute atomic E-state index is 13.6. The van der Waals surface area contributed by atoms with Crippen LogP contribution in [-0.2, 0) is 10.0 Å². The lowest BCUT2D eigenvalue weighted by atomic mass is 10.1. The second kappa shape index (κ2) is 6.15. The van der Waals surface area contributed by atoms with Gasteiger partial charge in [-0.2, -0.15) is 0 Å². The zero-order valence-electron chi connectivity index (χ0n) is 11.3. The second-order valence-corrected chi connectivity index (χ2v) is 7.00. The number of hydrogen-bond acceptors (Lipinski definition) is 3. The minimum atomic E-state index is -3.09. The van der Waals surface area contributed by atoms with Gasteiger partial charge in [-0.05, 0) is 19.4 Å². The molecule has 0 radical (unpaired) electrons. The first-order valence-corrected chi connectivity index (χ1v) is 8.17. The summed E-state index contributed by atoms with van der Waals surface area (Å²) < 4.78 is 51.0. The molecule has 0 bridgehead atoms. The molecule has 1 fully saturated rings. The summed E-state index contributed by atoms with van der Waals surface area (Å²) in [6, 6.07) is 3.15. The van der Waals surface area contributed by atoms with Crippen LogP contribution in [0, 0.1) is 11.6 Å². The van der Waals surface area contributed by atoms with Gasteiger partial charge in [0, 0.05) is 37.3 Å². The maximum atomic E-state index is 13.6. The predicted molar refractivity (Wildman–Crippen MR) is 72.8 cm³/mol. The Morgan fingerprint density at radius 1 is 1.40 bits per heavy atom. The molecule has 1 atom stereocenters. The number of benzene rings is 1. The monoisotopic (exact) mass is 304 g/mol. The van der Waals surface area contributed by atoms with Gasteiger partial charge in [-0.25, -0.2) is 21.5 Å². The predicted octanol–water partition coefficient (Wildman–Crippen LogP) is 1.65. The van der Waals surface area contributed by atoms with Gasteiger partial charge in [0.1, 0.15) is 11.6 Å². The van der Waals surface area contributed by atoms with Crippen molar-refractivity contribution in [3.05, 3.63) is 35.4 Å². The van der Waals surface area contributed by atoms with Crippen LogP contribution in [0.4, 0.5) is 8.78 Å². The van der Waals surface area contributed by atoms with Crippen molar-refractivity contribution < 1.29 is 17.2 Å². The summed E-state index contributed by atoms with van der Waals surface area (Å²) in [5.74, 6) is -1.00. The molecule has 1 saturated heterocycles. The Labute approximate surface area is 117 Å². The Balaban J connectivity index is 1.88. The molecule has 1 aliphatic rings. The Morgan fingerprint density at radius 2 is 2.15 bits per heavy atom. The topological polar surface area (TPSA) is 49.4 Å². The molecule has 1 aliphatic heterocycles. The van der Waals surface area contributed by atoms with E-state index in [0.717, 1.165) is 6.07 Å². The van der Waals surface area contributed by atoms with E-state index in [-0.39, 0.29) is 11.8 Å². The molecule has 4 nitrogen and oxygen atoms in total. The van der Waals surface area contributed by atoms with Crippen molar-refractivity contribution >= 4 is 10.0 Å². The average Bonchev–Trinajstić information content (AvgIpc) is 2.68. The first-order valence-electron chi connectivity index (χ1n) is 6.56. The Kier molecular flexibility index (Phi) is 4.72. The smallest absolute Gasteiger partial charge is 0.214 e. The number of hydrogen-bond donors (Lipinski definition) is 1. The number of rotatable bonds is 5. The van der Waals surface area contributed by atoms with Crippen LogP contribution in [0.1, 0.15) is 24.9 Å². The highest BCUT2D eigenvalue weighted by molar-refractivity contribution is 7.89. The zero-order valence-corrected chi connectivity index (χ0v) is 12.1. The molecular weight excluding hydrogens is 286 g/mol. The van der Waals surface area contributed by atoms with Crippen molar-refractivity contribution in [2.24, 2.45) is 0 Å². The van der Waals surface area contributed by atoms with E-state index in [1.165, 1.54) is 16.4 Å². The van der Waals surface area contributed by atoms with Crippen LogP contribution < -0.4 is 5.32 Å². The van der Waals surface area contributed by atoms with Gasteiger partial charge in [-0.1, -0.05) is 6.07 Å². The number of halogens is 2. The Hall–Kier alpha value is -1.05. The van der Waals surface area contributed by atoms with Gasteiger partial charge in [0.25, 0.3) is 0 Å². The molecule has 20 heavy (non-hydrogen) atoms. The summed E-state index contributed by atoms with van der Waals surface area (Å²) in [6.45, 7) is 3.10. The summed E-state index contributed by atoms with van der Waals surface area (Å²) >= 11 is 0. The van der Waals surface area contributed by atoms with Gasteiger partial charge >= 0.3 is 0 Å². The quantitative estimate of drug-likeness (QED) is 0.900. The standard InChI is InChI=1S/C13H18F2N2O2S/c1-10(12-4-3-11(14)9-13(12)15)16-5-7-17-6-2-8-20(17,18)19/h3-4,9-10,16H,2,5-8H2,1H3/t10-/m1/s1. The molecule has 2 rings (SSSR count). The van der Waals surface area contributed by atoms with Crippen LogP contribution in [0.25, 0.3) is 0 Å². The Bertz CT molecular complexity index is 578. The third-order valence-corrected chi connectivity index (χ3v) is 5.40. The van der Waals surface area contributed by atoms with Crippen LogP contribution >= 0.6 is 0 Å². The third-order valence-electron chi connectivity index (χ3n) is 3.44. The minimum Gasteiger partial charge on any atom is -0.309 e. The molecule has 0 aliphatic carbocycles. The van der Waals surface area contributed by atoms with E-state index in [0.29, 0.717) is 31.6 Å². The van der Waals surface area contributed by atoms with Crippen LogP contribution in [0.15, 0.2) is 18.2 Å². The molecule has 1 N–H and O–H groups in total. The SMILES string of the molecule is C[C@@H](NCCN1CCCS1(=O)=O)c1ccc(F)cc1F. The normalized spacial score (nSPS) is 20.1. The second-order valence-electron chi connectivity index (χ2n) is 4.91. The van der Waals surface area contributed by atoms with Crippen molar-refractivity contribution in [3.63, 3.8) is 0 Å². The molecule has 1 aromatic carbocycles. The molecule has 1 aromatic rings. The van der Waals surface area contributed by atoms with Crippen molar-refractivity contribution in [2.45, 2.75) is 19.4 Å². The van der Waals surface area contributed by atoms with Crippen molar-refractivity contribution in [1.82, 2.24) is 9.62 Å². The summed E-state index contributed by atoms with van der Waals surface area (Å²) in [5.41, 5.74) is 0.371. The van der Waals surface area contributed by atoms with Gasteiger partial charge in [0.2, 0.25) is 10.0 Å². The molecule has 7 heteroatoms. The summed E-state index contributed by atoms with van der Waals surface area (Å²) in [5, 5.41) is 3.06. The van der Waals surface area contributed by atoms with Gasteiger partial charge in [0.05, 0.1) is 5.75 Å². The van der Waals surface area contributed by atoms with E-state index in [2.05, 4.69) is 5.32 Å². The zero-order chi connectivity index (χ0) is 14.8. The minimum absolute atomic E-state index is 0.204. The van der Waals surface area contributed by atoms with Gasteiger partial charge in [0.15, 0.2) is 0 Å². The lowest BCUT2D eigenvalue weighted by Crippen LogP contribution is -2.34. The number of nitrogens with zero attached hydrogens (tertiary/aromatic N) is 1. The highest BCUT2D eigenvalue weighted by atomic mass is 32.2. The first kappa shape index (κ1) is 15.3. The van der Waals surface area contributed by atoms with Gasteiger partial charge in [-0.3, -0.25) is 0 Å². The number of nitrogens with one attached hydrogen (secondary N) is 1. The van der Waals surface area contributed by atoms with E-state index < -0.39 is 21.7 Å². The number of sulfonamides is 1. The lowest BCUT2D eigenvalue weighted by Gasteiger charge is -2.18. The van der Waals surface area contributed by atoms with Crippen molar-refractivity contribution in [1.29, 1.82) is 0 Å². The molecule has 112 valence electrons. The third kappa shape index (κ3) is 3.53. The van der Waals surface area contributed by atoms with E-state index >= 15 is 0 Å². The summed E-state index contributed by atoms with van der Waals surface area (Å²) in [4.78, 5) is 0. The fraction of sp³-hybridized carbons (Fsp3) is 0.538. The molecule has 0 spiro atoms. The lowest BCUT2D eigenvalue weighted by molar-refractivity contribution is 0.418. The van der Waals surface area contributed by atoms with Crippen molar-refractivity contribution in [3.8, 4) is 0 Å². The average molecular weight is 304 g/mol. The van der Waals surface area contributed by atoms with E-state index in [1.807, 2.05) is 0 Å². The maximum Gasteiger partial charge on any atom is 0.214 e. The highest BCUT2D eigenvalue weighted by Crippen LogP contribution is 2.18. The van der Waals surface area contributed by atoms with Crippen LogP contribution in [0.3, 0.4) is 0 Å². The molecule has 0 saturated carbocycles.